The fourth-order valence-corrected chi connectivity index (χ4v) is 3.03. The third kappa shape index (κ3) is 4.89. The van der Waals surface area contributed by atoms with Crippen molar-refractivity contribution in [1.29, 1.82) is 0 Å². The largest absolute Gasteiger partial charge is 0.370 e. The summed E-state index contributed by atoms with van der Waals surface area (Å²) in [7, 11) is 0. The van der Waals surface area contributed by atoms with Gasteiger partial charge in [0.2, 0.25) is 5.76 Å². The van der Waals surface area contributed by atoms with Gasteiger partial charge < -0.3 is 14.2 Å². The number of amides is 1. The third-order valence-corrected chi connectivity index (χ3v) is 4.25. The lowest BCUT2D eigenvalue weighted by molar-refractivity contribution is -0.00884. The zero-order chi connectivity index (χ0) is 17.6. The van der Waals surface area contributed by atoms with E-state index in [1.807, 2.05) is 18.2 Å². The van der Waals surface area contributed by atoms with E-state index in [9.17, 15) is 4.79 Å². The molecule has 2 aromatic rings. The van der Waals surface area contributed by atoms with Crippen LogP contribution < -0.4 is 0 Å². The van der Waals surface area contributed by atoms with Gasteiger partial charge >= 0.3 is 0 Å². The van der Waals surface area contributed by atoms with Gasteiger partial charge in [-0.2, -0.15) is 0 Å². The van der Waals surface area contributed by atoms with Crippen molar-refractivity contribution in [2.45, 2.75) is 45.8 Å². The SMILES string of the molecule is CC(C)Cc1cc(C(=O)N2CCC[C@H](OCc3ccccn3)C2)on1. The molecule has 0 aliphatic carbocycles. The topological polar surface area (TPSA) is 68.5 Å². The molecule has 0 radical (unpaired) electrons. The second kappa shape index (κ2) is 8.25. The van der Waals surface area contributed by atoms with Crippen molar-refractivity contribution in [2.24, 2.45) is 5.92 Å². The number of pyridine rings is 1. The summed E-state index contributed by atoms with van der Waals surface area (Å²) in [5.74, 6) is 0.696. The molecule has 0 spiro atoms. The maximum absolute atomic E-state index is 12.6. The molecule has 3 heterocycles. The summed E-state index contributed by atoms with van der Waals surface area (Å²) >= 11 is 0. The first-order valence-corrected chi connectivity index (χ1v) is 8.88. The van der Waals surface area contributed by atoms with E-state index >= 15 is 0 Å². The van der Waals surface area contributed by atoms with E-state index in [-0.39, 0.29) is 12.0 Å². The highest BCUT2D eigenvalue weighted by Gasteiger charge is 2.27. The number of hydrogen-bond acceptors (Lipinski definition) is 5. The monoisotopic (exact) mass is 343 g/mol. The summed E-state index contributed by atoms with van der Waals surface area (Å²) < 4.78 is 11.2. The van der Waals surface area contributed by atoms with Gasteiger partial charge in [-0.15, -0.1) is 0 Å². The Bertz CT molecular complexity index is 684. The molecule has 1 saturated heterocycles. The van der Waals surface area contributed by atoms with E-state index in [1.165, 1.54) is 0 Å². The zero-order valence-corrected chi connectivity index (χ0v) is 14.9. The van der Waals surface area contributed by atoms with Crippen LogP contribution in [-0.2, 0) is 17.8 Å². The van der Waals surface area contributed by atoms with Crippen LogP contribution in [0.2, 0.25) is 0 Å². The molecular weight excluding hydrogens is 318 g/mol. The molecule has 1 aliphatic heterocycles. The first-order chi connectivity index (χ1) is 12.1. The molecule has 0 unspecified atom stereocenters. The predicted molar refractivity (Wildman–Crippen MR) is 93.0 cm³/mol. The van der Waals surface area contributed by atoms with E-state index in [0.29, 0.717) is 24.8 Å². The van der Waals surface area contributed by atoms with E-state index in [1.54, 1.807) is 17.2 Å². The highest BCUT2D eigenvalue weighted by atomic mass is 16.5. The van der Waals surface area contributed by atoms with Gasteiger partial charge in [0.25, 0.3) is 5.91 Å². The van der Waals surface area contributed by atoms with E-state index < -0.39 is 0 Å². The lowest BCUT2D eigenvalue weighted by atomic mass is 10.1. The normalized spacial score (nSPS) is 17.9. The Labute approximate surface area is 148 Å². The van der Waals surface area contributed by atoms with Crippen LogP contribution in [0, 0.1) is 5.92 Å². The minimum Gasteiger partial charge on any atom is -0.370 e. The smallest absolute Gasteiger partial charge is 0.292 e. The Morgan fingerprint density at radius 1 is 1.40 bits per heavy atom. The van der Waals surface area contributed by atoms with E-state index in [4.69, 9.17) is 9.26 Å². The van der Waals surface area contributed by atoms with Crippen LogP contribution in [0.5, 0.6) is 0 Å². The molecule has 0 N–H and O–H groups in total. The summed E-state index contributed by atoms with van der Waals surface area (Å²) in [6.45, 7) is 6.00. The molecule has 0 bridgehead atoms. The van der Waals surface area contributed by atoms with E-state index in [0.717, 1.165) is 37.2 Å². The van der Waals surface area contributed by atoms with Gasteiger partial charge in [0.15, 0.2) is 0 Å². The summed E-state index contributed by atoms with van der Waals surface area (Å²) in [4.78, 5) is 18.7. The molecule has 1 fully saturated rings. The van der Waals surface area contributed by atoms with Crippen LogP contribution in [0.4, 0.5) is 0 Å². The maximum Gasteiger partial charge on any atom is 0.292 e. The number of carbonyl (C=O) groups excluding carboxylic acids is 1. The highest BCUT2D eigenvalue weighted by molar-refractivity contribution is 5.91. The van der Waals surface area contributed by atoms with Crippen molar-refractivity contribution >= 4 is 5.91 Å². The van der Waals surface area contributed by atoms with Crippen LogP contribution in [0.3, 0.4) is 0 Å². The molecule has 1 aliphatic rings. The molecular formula is C19H25N3O3. The van der Waals surface area contributed by atoms with Crippen molar-refractivity contribution in [3.63, 3.8) is 0 Å². The second-order valence-electron chi connectivity index (χ2n) is 6.93. The highest BCUT2D eigenvalue weighted by Crippen LogP contribution is 2.18. The number of rotatable bonds is 6. The van der Waals surface area contributed by atoms with Crippen LogP contribution in [0.1, 0.15) is 48.6 Å². The quantitative estimate of drug-likeness (QED) is 0.806. The summed E-state index contributed by atoms with van der Waals surface area (Å²) in [6, 6.07) is 7.54. The van der Waals surface area contributed by atoms with Crippen LogP contribution in [-0.4, -0.2) is 40.1 Å². The number of carbonyl (C=O) groups is 1. The Hall–Kier alpha value is -2.21. The minimum absolute atomic E-state index is 0.0257. The van der Waals surface area contributed by atoms with Crippen molar-refractivity contribution in [3.8, 4) is 0 Å². The van der Waals surface area contributed by atoms with Gasteiger partial charge in [0.05, 0.1) is 24.1 Å². The van der Waals surface area contributed by atoms with Gasteiger partial charge in [-0.25, -0.2) is 0 Å². The molecule has 2 aromatic heterocycles. The molecule has 3 rings (SSSR count). The molecule has 25 heavy (non-hydrogen) atoms. The summed E-state index contributed by atoms with van der Waals surface area (Å²) in [5, 5.41) is 4.01. The van der Waals surface area contributed by atoms with Crippen LogP contribution >= 0.6 is 0 Å². The average molecular weight is 343 g/mol. The Kier molecular flexibility index (Phi) is 5.81. The maximum atomic E-state index is 12.6. The van der Waals surface area contributed by atoms with Gasteiger partial charge in [0.1, 0.15) is 0 Å². The Balaban J connectivity index is 1.55. The zero-order valence-electron chi connectivity index (χ0n) is 14.9. The molecule has 6 nitrogen and oxygen atoms in total. The second-order valence-corrected chi connectivity index (χ2v) is 6.93. The first kappa shape index (κ1) is 17.6. The molecule has 0 aromatic carbocycles. The lowest BCUT2D eigenvalue weighted by Gasteiger charge is -2.31. The first-order valence-electron chi connectivity index (χ1n) is 8.88. The number of piperidine rings is 1. The average Bonchev–Trinajstić information content (AvgIpc) is 3.08. The fourth-order valence-electron chi connectivity index (χ4n) is 3.03. The van der Waals surface area contributed by atoms with Gasteiger partial charge in [-0.05, 0) is 37.3 Å². The van der Waals surface area contributed by atoms with Gasteiger partial charge in [-0.3, -0.25) is 9.78 Å². The molecule has 6 heteroatoms. The summed E-state index contributed by atoms with van der Waals surface area (Å²) in [6.07, 6.45) is 4.47. The summed E-state index contributed by atoms with van der Waals surface area (Å²) in [5.41, 5.74) is 1.73. The van der Waals surface area contributed by atoms with Crippen molar-refractivity contribution in [2.75, 3.05) is 13.1 Å². The van der Waals surface area contributed by atoms with Crippen LogP contribution in [0.15, 0.2) is 35.0 Å². The molecule has 0 saturated carbocycles. The molecule has 1 amide bonds. The molecule has 1 atom stereocenters. The fraction of sp³-hybridized carbons (Fsp3) is 0.526. The lowest BCUT2D eigenvalue weighted by Crippen LogP contribution is -2.43. The number of ether oxygens (including phenoxy) is 1. The van der Waals surface area contributed by atoms with E-state index in [2.05, 4.69) is 24.0 Å². The van der Waals surface area contributed by atoms with Gasteiger partial charge in [-0.1, -0.05) is 25.1 Å². The molecule has 134 valence electrons. The number of nitrogens with zero attached hydrogens (tertiary/aromatic N) is 3. The van der Waals surface area contributed by atoms with Gasteiger partial charge in [0, 0.05) is 25.4 Å². The standard InChI is InChI=1S/C19H25N3O3/c1-14(2)10-16-11-18(25-21-16)19(23)22-9-5-7-17(12-22)24-13-15-6-3-4-8-20-15/h3-4,6,8,11,14,17H,5,7,9-10,12-13H2,1-2H3/t17-/m0/s1. The van der Waals surface area contributed by atoms with Crippen molar-refractivity contribution in [1.82, 2.24) is 15.0 Å². The van der Waals surface area contributed by atoms with Crippen LogP contribution in [0.25, 0.3) is 0 Å². The van der Waals surface area contributed by atoms with Crippen molar-refractivity contribution in [3.05, 3.63) is 47.6 Å². The number of aromatic nitrogens is 2. The Morgan fingerprint density at radius 2 is 2.28 bits per heavy atom. The Morgan fingerprint density at radius 3 is 3.04 bits per heavy atom. The van der Waals surface area contributed by atoms with Crippen molar-refractivity contribution < 1.29 is 14.1 Å². The third-order valence-electron chi connectivity index (χ3n) is 4.25. The number of hydrogen-bond donors (Lipinski definition) is 0. The minimum atomic E-state index is -0.103. The number of likely N-dealkylation sites (tertiary alicyclic amines) is 1. The predicted octanol–water partition coefficient (Wildman–Crippen LogP) is 3.09.